The van der Waals surface area contributed by atoms with E-state index in [-0.39, 0.29) is 0 Å². The Morgan fingerprint density at radius 3 is 2.82 bits per heavy atom. The van der Waals surface area contributed by atoms with Crippen LogP contribution in [0, 0.1) is 0 Å². The number of ether oxygens (including phenoxy) is 2. The van der Waals surface area contributed by atoms with Gasteiger partial charge in [0, 0.05) is 52.0 Å². The molecule has 1 aliphatic rings. The molecule has 0 aromatic rings. The van der Waals surface area contributed by atoms with Crippen LogP contribution in [-0.2, 0) is 9.47 Å². The van der Waals surface area contributed by atoms with E-state index in [0.29, 0.717) is 12.1 Å². The van der Waals surface area contributed by atoms with Gasteiger partial charge >= 0.3 is 0 Å². The van der Waals surface area contributed by atoms with Gasteiger partial charge in [-0.2, -0.15) is 0 Å². The molecule has 0 spiro atoms. The Hall–Kier alpha value is -0.160. The highest BCUT2D eigenvalue weighted by atomic mass is 16.5. The van der Waals surface area contributed by atoms with E-state index in [2.05, 4.69) is 24.1 Å². The number of methoxy groups -OCH3 is 1. The second-order valence-electron chi connectivity index (χ2n) is 4.82. The summed E-state index contributed by atoms with van der Waals surface area (Å²) >= 11 is 0. The molecular weight excluding hydrogens is 216 g/mol. The van der Waals surface area contributed by atoms with Crippen molar-refractivity contribution in [2.45, 2.75) is 38.8 Å². The van der Waals surface area contributed by atoms with Gasteiger partial charge in [-0.05, 0) is 19.8 Å². The molecule has 0 radical (unpaired) electrons. The summed E-state index contributed by atoms with van der Waals surface area (Å²) in [5.74, 6) is 0. The van der Waals surface area contributed by atoms with Crippen molar-refractivity contribution >= 4 is 0 Å². The molecule has 102 valence electrons. The minimum absolute atomic E-state index is 0.625. The fraction of sp³-hybridized carbons (Fsp3) is 1.00. The summed E-state index contributed by atoms with van der Waals surface area (Å²) in [7, 11) is 1.73. The Morgan fingerprint density at radius 1 is 1.29 bits per heavy atom. The highest BCUT2D eigenvalue weighted by Crippen LogP contribution is 2.08. The van der Waals surface area contributed by atoms with E-state index >= 15 is 0 Å². The predicted octanol–water partition coefficient (Wildman–Crippen LogP) is 1.11. The van der Waals surface area contributed by atoms with E-state index < -0.39 is 0 Å². The smallest absolute Gasteiger partial charge is 0.0593 e. The molecule has 1 N–H and O–H groups in total. The zero-order valence-corrected chi connectivity index (χ0v) is 11.6. The number of hydrogen-bond acceptors (Lipinski definition) is 4. The fourth-order valence-electron chi connectivity index (χ4n) is 2.17. The summed E-state index contributed by atoms with van der Waals surface area (Å²) in [4.78, 5) is 2.53. The monoisotopic (exact) mass is 244 g/mol. The van der Waals surface area contributed by atoms with Gasteiger partial charge in [0.05, 0.1) is 6.61 Å². The Bertz CT molecular complexity index is 190. The van der Waals surface area contributed by atoms with E-state index in [0.717, 1.165) is 45.9 Å². The van der Waals surface area contributed by atoms with Crippen LogP contribution in [0.25, 0.3) is 0 Å². The molecule has 1 heterocycles. The third kappa shape index (κ3) is 5.82. The summed E-state index contributed by atoms with van der Waals surface area (Å²) in [6, 6.07) is 1.28. The van der Waals surface area contributed by atoms with Gasteiger partial charge in [0.25, 0.3) is 0 Å². The third-order valence-corrected chi connectivity index (χ3v) is 3.43. The molecule has 0 aromatic heterocycles. The Morgan fingerprint density at radius 2 is 2.12 bits per heavy atom. The second kappa shape index (κ2) is 8.86. The van der Waals surface area contributed by atoms with Crippen LogP contribution in [0.5, 0.6) is 0 Å². The Balaban J connectivity index is 2.07. The lowest BCUT2D eigenvalue weighted by molar-refractivity contribution is 0.0598. The number of rotatable bonds is 8. The van der Waals surface area contributed by atoms with E-state index in [1.165, 1.54) is 6.42 Å². The van der Waals surface area contributed by atoms with Crippen molar-refractivity contribution in [1.82, 2.24) is 10.2 Å². The first-order valence-electron chi connectivity index (χ1n) is 6.82. The lowest BCUT2D eigenvalue weighted by Gasteiger charge is -2.38. The molecule has 1 saturated heterocycles. The second-order valence-corrected chi connectivity index (χ2v) is 4.82. The Labute approximate surface area is 106 Å². The predicted molar refractivity (Wildman–Crippen MR) is 70.4 cm³/mol. The standard InChI is InChI=1S/C13H28N2O2/c1-4-13-11-15(12(2)10-14-13)6-9-17-8-5-7-16-3/h12-14H,4-11H2,1-3H3. The van der Waals surface area contributed by atoms with Crippen molar-refractivity contribution in [3.05, 3.63) is 0 Å². The Kier molecular flexibility index (Phi) is 7.77. The number of nitrogens with zero attached hydrogens (tertiary/aromatic N) is 1. The molecule has 17 heavy (non-hydrogen) atoms. The van der Waals surface area contributed by atoms with Gasteiger partial charge in [-0.3, -0.25) is 4.90 Å². The van der Waals surface area contributed by atoms with Crippen LogP contribution in [-0.4, -0.2) is 63.5 Å². The average Bonchev–Trinajstić information content (AvgIpc) is 2.35. The van der Waals surface area contributed by atoms with Crippen LogP contribution < -0.4 is 5.32 Å². The summed E-state index contributed by atoms with van der Waals surface area (Å²) in [6.07, 6.45) is 2.20. The minimum atomic E-state index is 0.625. The molecule has 0 bridgehead atoms. The van der Waals surface area contributed by atoms with Crippen molar-refractivity contribution in [3.63, 3.8) is 0 Å². The van der Waals surface area contributed by atoms with Gasteiger partial charge in [0.15, 0.2) is 0 Å². The summed E-state index contributed by atoms with van der Waals surface area (Å²) in [5.41, 5.74) is 0. The zero-order valence-electron chi connectivity index (χ0n) is 11.6. The summed E-state index contributed by atoms with van der Waals surface area (Å²) in [5, 5.41) is 3.57. The number of hydrogen-bond donors (Lipinski definition) is 1. The maximum absolute atomic E-state index is 5.61. The average molecular weight is 244 g/mol. The lowest BCUT2D eigenvalue weighted by atomic mass is 10.1. The minimum Gasteiger partial charge on any atom is -0.385 e. The third-order valence-electron chi connectivity index (χ3n) is 3.43. The highest BCUT2D eigenvalue weighted by Gasteiger charge is 2.23. The molecule has 0 aromatic carbocycles. The molecule has 1 rings (SSSR count). The van der Waals surface area contributed by atoms with Gasteiger partial charge in [-0.1, -0.05) is 6.92 Å². The maximum atomic E-state index is 5.61. The molecule has 4 heteroatoms. The van der Waals surface area contributed by atoms with Gasteiger partial charge in [-0.15, -0.1) is 0 Å². The summed E-state index contributed by atoms with van der Waals surface area (Å²) in [6.45, 7) is 10.3. The van der Waals surface area contributed by atoms with Gasteiger partial charge < -0.3 is 14.8 Å². The number of piperazine rings is 1. The molecule has 2 atom stereocenters. The van der Waals surface area contributed by atoms with Crippen molar-refractivity contribution in [1.29, 1.82) is 0 Å². The first-order chi connectivity index (χ1) is 8.27. The van der Waals surface area contributed by atoms with Crippen LogP contribution in [0.1, 0.15) is 26.7 Å². The molecule has 0 amide bonds. The topological polar surface area (TPSA) is 33.7 Å². The van der Waals surface area contributed by atoms with E-state index in [1.807, 2.05) is 0 Å². The molecule has 2 unspecified atom stereocenters. The van der Waals surface area contributed by atoms with Crippen LogP contribution >= 0.6 is 0 Å². The number of nitrogens with one attached hydrogen (secondary N) is 1. The zero-order chi connectivity index (χ0) is 12.5. The van der Waals surface area contributed by atoms with Gasteiger partial charge in [-0.25, -0.2) is 0 Å². The van der Waals surface area contributed by atoms with E-state index in [9.17, 15) is 0 Å². The largest absolute Gasteiger partial charge is 0.385 e. The molecule has 1 aliphatic heterocycles. The maximum Gasteiger partial charge on any atom is 0.0593 e. The first-order valence-corrected chi connectivity index (χ1v) is 6.82. The molecule has 1 fully saturated rings. The summed E-state index contributed by atoms with van der Waals surface area (Å²) < 4.78 is 10.6. The van der Waals surface area contributed by atoms with E-state index in [4.69, 9.17) is 9.47 Å². The first kappa shape index (κ1) is 14.9. The van der Waals surface area contributed by atoms with Crippen molar-refractivity contribution < 1.29 is 9.47 Å². The highest BCUT2D eigenvalue weighted by molar-refractivity contribution is 4.82. The normalized spacial score (nSPS) is 26.3. The van der Waals surface area contributed by atoms with E-state index in [1.54, 1.807) is 7.11 Å². The van der Waals surface area contributed by atoms with Crippen LogP contribution in [0.15, 0.2) is 0 Å². The fourth-order valence-corrected chi connectivity index (χ4v) is 2.17. The molecular formula is C13H28N2O2. The van der Waals surface area contributed by atoms with Crippen LogP contribution in [0.4, 0.5) is 0 Å². The van der Waals surface area contributed by atoms with Crippen molar-refractivity contribution in [3.8, 4) is 0 Å². The van der Waals surface area contributed by atoms with Crippen molar-refractivity contribution in [2.75, 3.05) is 46.6 Å². The van der Waals surface area contributed by atoms with Crippen LogP contribution in [0.2, 0.25) is 0 Å². The quantitative estimate of drug-likeness (QED) is 0.649. The lowest BCUT2D eigenvalue weighted by Crippen LogP contribution is -2.55. The van der Waals surface area contributed by atoms with Gasteiger partial charge in [0.2, 0.25) is 0 Å². The van der Waals surface area contributed by atoms with Gasteiger partial charge in [0.1, 0.15) is 0 Å². The van der Waals surface area contributed by atoms with Crippen LogP contribution in [0.3, 0.4) is 0 Å². The molecule has 0 aliphatic carbocycles. The SMILES string of the molecule is CCC1CN(CCOCCCOC)C(C)CN1. The molecule has 4 nitrogen and oxygen atoms in total. The molecule has 0 saturated carbocycles. The van der Waals surface area contributed by atoms with Crippen molar-refractivity contribution in [2.24, 2.45) is 0 Å².